The molecule has 6 nitrogen and oxygen atoms in total. The number of ketones is 1. The molecule has 0 aromatic carbocycles. The summed E-state index contributed by atoms with van der Waals surface area (Å²) in [5.41, 5.74) is -1.75. The highest BCUT2D eigenvalue weighted by atomic mass is 32.1. The predicted molar refractivity (Wildman–Crippen MR) is 82.7 cm³/mol. The van der Waals surface area contributed by atoms with Crippen molar-refractivity contribution in [3.63, 3.8) is 0 Å². The third-order valence-corrected chi connectivity index (χ3v) is 3.04. The normalized spacial score (nSPS) is 13.5. The number of ether oxygens (including phenoxy) is 1. The highest BCUT2D eigenvalue weighted by molar-refractivity contribution is 7.80. The molecule has 0 bridgehead atoms. The summed E-state index contributed by atoms with van der Waals surface area (Å²) >= 11 is 4.01. The van der Waals surface area contributed by atoms with Gasteiger partial charge in [0.2, 0.25) is 0 Å². The van der Waals surface area contributed by atoms with Gasteiger partial charge in [0.1, 0.15) is 17.4 Å². The van der Waals surface area contributed by atoms with E-state index in [2.05, 4.69) is 12.6 Å². The van der Waals surface area contributed by atoms with Crippen LogP contribution in [0.15, 0.2) is 0 Å². The Bertz CT molecular complexity index is 414. The standard InChI is InChI=1S/C14H25NO5S/c1-9(16)7-14(5,6)15(10(8-21)11(17)18)12(19)20-13(2,3)4/h10,21H,7-8H2,1-6H3,(H,17,18)/t10-/m0/s1. The molecule has 0 aliphatic heterocycles. The van der Waals surface area contributed by atoms with Crippen LogP contribution in [0.2, 0.25) is 0 Å². The first-order valence-electron chi connectivity index (χ1n) is 6.67. The van der Waals surface area contributed by atoms with E-state index in [9.17, 15) is 19.5 Å². The van der Waals surface area contributed by atoms with E-state index in [1.807, 2.05) is 0 Å². The molecule has 21 heavy (non-hydrogen) atoms. The Morgan fingerprint density at radius 1 is 1.19 bits per heavy atom. The molecular formula is C14H25NO5S. The van der Waals surface area contributed by atoms with E-state index >= 15 is 0 Å². The first-order valence-corrected chi connectivity index (χ1v) is 7.30. The van der Waals surface area contributed by atoms with Gasteiger partial charge < -0.3 is 9.84 Å². The minimum atomic E-state index is -1.19. The quantitative estimate of drug-likeness (QED) is 0.734. The predicted octanol–water partition coefficient (Wildman–Crippen LogP) is 2.36. The number of Topliss-reactive ketones (excluding diaryl/α,β-unsaturated/α-hetero) is 1. The number of carbonyl (C=O) groups is 3. The zero-order valence-corrected chi connectivity index (χ0v) is 14.4. The number of amides is 1. The molecule has 0 heterocycles. The summed E-state index contributed by atoms with van der Waals surface area (Å²) < 4.78 is 5.28. The van der Waals surface area contributed by atoms with E-state index in [4.69, 9.17) is 4.74 Å². The van der Waals surface area contributed by atoms with Crippen molar-refractivity contribution in [3.8, 4) is 0 Å². The Morgan fingerprint density at radius 3 is 1.95 bits per heavy atom. The van der Waals surface area contributed by atoms with Crippen LogP contribution in [0.3, 0.4) is 0 Å². The number of hydrogen-bond acceptors (Lipinski definition) is 5. The fourth-order valence-corrected chi connectivity index (χ4v) is 2.39. The first-order chi connectivity index (χ1) is 9.31. The SMILES string of the molecule is CC(=O)CC(C)(C)N(C(=O)OC(C)(C)C)[C@@H](CS)C(=O)O. The zero-order chi connectivity index (χ0) is 17.0. The maximum Gasteiger partial charge on any atom is 0.411 e. The minimum absolute atomic E-state index is 0.0315. The number of carboxylic acids is 1. The van der Waals surface area contributed by atoms with Gasteiger partial charge in [-0.1, -0.05) is 0 Å². The summed E-state index contributed by atoms with van der Waals surface area (Å²) in [5, 5.41) is 9.31. The van der Waals surface area contributed by atoms with E-state index in [0.29, 0.717) is 0 Å². The Morgan fingerprint density at radius 2 is 1.67 bits per heavy atom. The van der Waals surface area contributed by atoms with Gasteiger partial charge in [0.15, 0.2) is 0 Å². The van der Waals surface area contributed by atoms with Gasteiger partial charge >= 0.3 is 12.1 Å². The van der Waals surface area contributed by atoms with Crippen molar-refractivity contribution in [1.82, 2.24) is 4.90 Å². The molecule has 1 atom stereocenters. The lowest BCUT2D eigenvalue weighted by Crippen LogP contribution is -2.58. The molecule has 1 amide bonds. The monoisotopic (exact) mass is 319 g/mol. The van der Waals surface area contributed by atoms with Crippen LogP contribution in [0, 0.1) is 0 Å². The number of nitrogens with zero attached hydrogens (tertiary/aromatic N) is 1. The Hall–Kier alpha value is -1.24. The molecular weight excluding hydrogens is 294 g/mol. The smallest absolute Gasteiger partial charge is 0.411 e. The topological polar surface area (TPSA) is 83.9 Å². The average molecular weight is 319 g/mol. The molecule has 0 aromatic rings. The molecule has 0 saturated heterocycles. The van der Waals surface area contributed by atoms with Crippen molar-refractivity contribution in [2.45, 2.75) is 65.1 Å². The van der Waals surface area contributed by atoms with Crippen LogP contribution < -0.4 is 0 Å². The number of carboxylic acid groups (broad SMARTS) is 1. The molecule has 0 aliphatic rings. The number of thiol groups is 1. The Balaban J connectivity index is 5.61. The molecule has 7 heteroatoms. The maximum atomic E-state index is 12.4. The second-order valence-electron chi connectivity index (χ2n) is 6.58. The second-order valence-corrected chi connectivity index (χ2v) is 6.94. The lowest BCUT2D eigenvalue weighted by atomic mass is 9.94. The summed E-state index contributed by atoms with van der Waals surface area (Å²) in [4.78, 5) is 36.3. The molecule has 0 fully saturated rings. The zero-order valence-electron chi connectivity index (χ0n) is 13.5. The minimum Gasteiger partial charge on any atom is -0.480 e. The highest BCUT2D eigenvalue weighted by Crippen LogP contribution is 2.26. The summed E-state index contributed by atoms with van der Waals surface area (Å²) in [7, 11) is 0. The van der Waals surface area contributed by atoms with E-state index in [0.717, 1.165) is 4.90 Å². The fraction of sp³-hybridized carbons (Fsp3) is 0.786. The summed E-state index contributed by atoms with van der Waals surface area (Å²) in [6, 6.07) is -1.17. The van der Waals surface area contributed by atoms with Gasteiger partial charge in [0.25, 0.3) is 0 Å². The lowest BCUT2D eigenvalue weighted by Gasteiger charge is -2.41. The van der Waals surface area contributed by atoms with Crippen LogP contribution in [0.1, 0.15) is 48.0 Å². The molecule has 0 saturated carbocycles. The van der Waals surface area contributed by atoms with E-state index in [1.54, 1.807) is 34.6 Å². The number of aliphatic carboxylic acids is 1. The van der Waals surface area contributed by atoms with Gasteiger partial charge in [-0.2, -0.15) is 12.6 Å². The maximum absolute atomic E-state index is 12.4. The molecule has 1 N–H and O–H groups in total. The number of carbonyl (C=O) groups excluding carboxylic acids is 2. The van der Waals surface area contributed by atoms with Crippen molar-refractivity contribution in [2.24, 2.45) is 0 Å². The summed E-state index contributed by atoms with van der Waals surface area (Å²) in [5.74, 6) is -1.40. The summed E-state index contributed by atoms with van der Waals surface area (Å²) in [6.45, 7) is 9.74. The molecule has 0 aliphatic carbocycles. The third-order valence-electron chi connectivity index (χ3n) is 2.69. The van der Waals surface area contributed by atoms with Gasteiger partial charge in [-0.3, -0.25) is 9.69 Å². The van der Waals surface area contributed by atoms with Crippen molar-refractivity contribution in [2.75, 3.05) is 5.75 Å². The van der Waals surface area contributed by atoms with Crippen molar-refractivity contribution in [1.29, 1.82) is 0 Å². The largest absolute Gasteiger partial charge is 0.480 e. The third kappa shape index (κ3) is 6.37. The highest BCUT2D eigenvalue weighted by Gasteiger charge is 2.42. The van der Waals surface area contributed by atoms with Gasteiger partial charge in [-0.25, -0.2) is 9.59 Å². The lowest BCUT2D eigenvalue weighted by molar-refractivity contribution is -0.145. The van der Waals surface area contributed by atoms with Crippen LogP contribution in [0.25, 0.3) is 0 Å². The van der Waals surface area contributed by atoms with E-state index in [-0.39, 0.29) is 18.0 Å². The van der Waals surface area contributed by atoms with E-state index < -0.39 is 29.2 Å². The molecule has 0 rings (SSSR count). The molecule has 122 valence electrons. The van der Waals surface area contributed by atoms with Crippen LogP contribution in [-0.4, -0.2) is 50.8 Å². The van der Waals surface area contributed by atoms with Crippen molar-refractivity contribution in [3.05, 3.63) is 0 Å². The van der Waals surface area contributed by atoms with Gasteiger partial charge in [0, 0.05) is 17.7 Å². The van der Waals surface area contributed by atoms with Crippen LogP contribution >= 0.6 is 12.6 Å². The molecule has 0 radical (unpaired) electrons. The molecule has 0 aromatic heterocycles. The Labute approximate surface area is 131 Å². The van der Waals surface area contributed by atoms with Crippen LogP contribution in [-0.2, 0) is 14.3 Å². The van der Waals surface area contributed by atoms with Gasteiger partial charge in [-0.15, -0.1) is 0 Å². The molecule has 0 unspecified atom stereocenters. The Kier molecular flexibility index (Phi) is 6.73. The second kappa shape index (κ2) is 7.15. The van der Waals surface area contributed by atoms with Crippen molar-refractivity contribution >= 4 is 30.5 Å². The van der Waals surface area contributed by atoms with Gasteiger partial charge in [-0.05, 0) is 41.5 Å². The summed E-state index contributed by atoms with van der Waals surface area (Å²) in [6.07, 6.45) is -0.737. The number of rotatable bonds is 6. The van der Waals surface area contributed by atoms with Crippen LogP contribution in [0.5, 0.6) is 0 Å². The number of hydrogen-bond donors (Lipinski definition) is 2. The average Bonchev–Trinajstić information content (AvgIpc) is 2.19. The van der Waals surface area contributed by atoms with E-state index in [1.165, 1.54) is 6.92 Å². The van der Waals surface area contributed by atoms with Crippen molar-refractivity contribution < 1.29 is 24.2 Å². The van der Waals surface area contributed by atoms with Crippen LogP contribution in [0.4, 0.5) is 4.79 Å². The molecule has 0 spiro atoms. The fourth-order valence-electron chi connectivity index (χ4n) is 2.07. The van der Waals surface area contributed by atoms with Gasteiger partial charge in [0.05, 0.1) is 0 Å². The first kappa shape index (κ1) is 19.8.